The van der Waals surface area contributed by atoms with Gasteiger partial charge in [-0.15, -0.1) is 11.3 Å². The number of hydrogen-bond acceptors (Lipinski definition) is 5. The average Bonchev–Trinajstić information content (AvgIpc) is 2.90. The van der Waals surface area contributed by atoms with Crippen LogP contribution in [0.15, 0.2) is 35.7 Å². The van der Waals surface area contributed by atoms with Gasteiger partial charge in [0.1, 0.15) is 0 Å². The van der Waals surface area contributed by atoms with Crippen molar-refractivity contribution in [2.24, 2.45) is 0 Å². The average molecular weight is 318 g/mol. The van der Waals surface area contributed by atoms with Crippen molar-refractivity contribution in [3.63, 3.8) is 0 Å². The summed E-state index contributed by atoms with van der Waals surface area (Å²) in [6.07, 6.45) is -0.864. The smallest absolute Gasteiger partial charge is 0.313 e. The highest BCUT2D eigenvalue weighted by molar-refractivity contribution is 7.09. The van der Waals surface area contributed by atoms with Crippen molar-refractivity contribution in [3.8, 4) is 0 Å². The molecule has 0 aliphatic carbocycles. The quantitative estimate of drug-likeness (QED) is 0.794. The molecule has 0 saturated heterocycles. The van der Waals surface area contributed by atoms with Crippen LogP contribution >= 0.6 is 11.3 Å². The molecule has 0 bridgehead atoms. The third-order valence-corrected chi connectivity index (χ3v) is 3.83. The lowest BCUT2D eigenvalue weighted by atomic mass is 10.1. The number of ether oxygens (including phenoxy) is 1. The van der Waals surface area contributed by atoms with Crippen LogP contribution in [0.2, 0.25) is 0 Å². The number of nitrogens with zero attached hydrogens (tertiary/aromatic N) is 2. The predicted molar refractivity (Wildman–Crippen MR) is 84.5 cm³/mol. The number of likely N-dealkylation sites (N-methyl/N-ethyl adjacent to an activating group) is 1. The van der Waals surface area contributed by atoms with E-state index in [1.165, 1.54) is 16.2 Å². The molecule has 0 radical (unpaired) electrons. The third kappa shape index (κ3) is 4.14. The maximum absolute atomic E-state index is 12.3. The van der Waals surface area contributed by atoms with E-state index in [-0.39, 0.29) is 12.3 Å². The molecule has 1 atom stereocenters. The van der Waals surface area contributed by atoms with E-state index in [0.717, 1.165) is 5.01 Å². The Kier molecular flexibility index (Phi) is 5.27. The van der Waals surface area contributed by atoms with Gasteiger partial charge in [-0.2, -0.15) is 0 Å². The van der Waals surface area contributed by atoms with Crippen LogP contribution in [-0.4, -0.2) is 35.9 Å². The van der Waals surface area contributed by atoms with Crippen molar-refractivity contribution < 1.29 is 14.3 Å². The molecule has 1 heterocycles. The summed E-state index contributed by atoms with van der Waals surface area (Å²) in [4.78, 5) is 30.0. The Morgan fingerprint density at radius 3 is 2.50 bits per heavy atom. The molecule has 0 aliphatic rings. The fourth-order valence-corrected chi connectivity index (χ4v) is 2.55. The van der Waals surface area contributed by atoms with Gasteiger partial charge in [-0.1, -0.05) is 30.3 Å². The van der Waals surface area contributed by atoms with E-state index in [0.29, 0.717) is 11.3 Å². The first-order valence-corrected chi connectivity index (χ1v) is 7.72. The van der Waals surface area contributed by atoms with Crippen LogP contribution in [-0.2, 0) is 20.7 Å². The molecule has 5 nitrogen and oxygen atoms in total. The minimum Gasteiger partial charge on any atom is -0.447 e. The van der Waals surface area contributed by atoms with Gasteiger partial charge >= 0.3 is 5.97 Å². The molecule has 1 aromatic carbocycles. The highest BCUT2D eigenvalue weighted by atomic mass is 32.1. The van der Waals surface area contributed by atoms with Gasteiger partial charge in [0.15, 0.2) is 0 Å². The van der Waals surface area contributed by atoms with Crippen LogP contribution < -0.4 is 0 Å². The van der Waals surface area contributed by atoms with E-state index in [9.17, 15) is 9.59 Å². The normalized spacial score (nSPS) is 11.8. The molecule has 116 valence electrons. The number of esters is 1. The van der Waals surface area contributed by atoms with Gasteiger partial charge in [0, 0.05) is 25.0 Å². The number of amides is 1. The second-order valence-corrected chi connectivity index (χ2v) is 6.11. The summed E-state index contributed by atoms with van der Waals surface area (Å²) in [5.41, 5.74) is 1.32. The molecule has 0 aliphatic heterocycles. The van der Waals surface area contributed by atoms with E-state index in [1.807, 2.05) is 30.5 Å². The molecule has 0 saturated carbocycles. The van der Waals surface area contributed by atoms with Crippen LogP contribution in [0.25, 0.3) is 0 Å². The van der Waals surface area contributed by atoms with Gasteiger partial charge < -0.3 is 9.64 Å². The van der Waals surface area contributed by atoms with Crippen LogP contribution in [0.1, 0.15) is 22.4 Å². The van der Waals surface area contributed by atoms with E-state index < -0.39 is 12.1 Å². The largest absolute Gasteiger partial charge is 0.447 e. The van der Waals surface area contributed by atoms with Crippen molar-refractivity contribution in [2.75, 3.05) is 14.1 Å². The van der Waals surface area contributed by atoms with Crippen LogP contribution in [0.3, 0.4) is 0 Å². The summed E-state index contributed by atoms with van der Waals surface area (Å²) in [7, 11) is 3.27. The standard InChI is InChI=1S/C16H18N2O3S/c1-11-17-13(10-22-11)9-14(19)21-15(16(20)18(2)3)12-7-5-4-6-8-12/h4-8,10,15H,9H2,1-3H3/t15-/m0/s1. The summed E-state index contributed by atoms with van der Waals surface area (Å²) in [6.45, 7) is 1.88. The third-order valence-electron chi connectivity index (χ3n) is 3.01. The first-order chi connectivity index (χ1) is 10.5. The Morgan fingerprint density at radius 1 is 1.27 bits per heavy atom. The summed E-state index contributed by atoms with van der Waals surface area (Å²) in [6, 6.07) is 9.01. The minimum absolute atomic E-state index is 0.0639. The minimum atomic E-state index is -0.927. The fourth-order valence-electron chi connectivity index (χ4n) is 1.93. The summed E-state index contributed by atoms with van der Waals surface area (Å²) in [5, 5.41) is 2.72. The number of aromatic nitrogens is 1. The van der Waals surface area contributed by atoms with E-state index in [2.05, 4.69) is 4.98 Å². The molecule has 0 N–H and O–H groups in total. The fraction of sp³-hybridized carbons (Fsp3) is 0.312. The Bertz CT molecular complexity index is 652. The van der Waals surface area contributed by atoms with Crippen molar-refractivity contribution >= 4 is 23.2 Å². The number of thiazole rings is 1. The summed E-state index contributed by atoms with van der Waals surface area (Å²) >= 11 is 1.48. The van der Waals surface area contributed by atoms with E-state index in [1.54, 1.807) is 26.2 Å². The van der Waals surface area contributed by atoms with E-state index >= 15 is 0 Å². The molecule has 22 heavy (non-hydrogen) atoms. The summed E-state index contributed by atoms with van der Waals surface area (Å²) < 4.78 is 5.41. The zero-order valence-electron chi connectivity index (χ0n) is 12.8. The number of hydrogen-bond donors (Lipinski definition) is 0. The molecule has 2 rings (SSSR count). The summed E-state index contributed by atoms with van der Waals surface area (Å²) in [5.74, 6) is -0.733. The number of benzene rings is 1. The Balaban J connectivity index is 2.12. The van der Waals surface area contributed by atoms with Crippen LogP contribution in [0.4, 0.5) is 0 Å². The monoisotopic (exact) mass is 318 g/mol. The van der Waals surface area contributed by atoms with E-state index in [4.69, 9.17) is 4.74 Å². The molecule has 0 unspecified atom stereocenters. The number of carbonyl (C=O) groups is 2. The van der Waals surface area contributed by atoms with Crippen molar-refractivity contribution in [1.82, 2.24) is 9.88 Å². The Labute approximate surface area is 133 Å². The molecule has 0 spiro atoms. The Hall–Kier alpha value is -2.21. The van der Waals surface area contributed by atoms with Gasteiger partial charge in [-0.3, -0.25) is 9.59 Å². The SMILES string of the molecule is Cc1nc(CC(=O)O[C@H](C(=O)N(C)C)c2ccccc2)cs1. The van der Waals surface area contributed by atoms with Crippen LogP contribution in [0, 0.1) is 6.92 Å². The Morgan fingerprint density at radius 2 is 1.95 bits per heavy atom. The van der Waals surface area contributed by atoms with Gasteiger partial charge in [0.25, 0.3) is 5.91 Å². The molecular weight excluding hydrogens is 300 g/mol. The highest BCUT2D eigenvalue weighted by Crippen LogP contribution is 2.20. The van der Waals surface area contributed by atoms with Gasteiger partial charge in [0.05, 0.1) is 17.1 Å². The van der Waals surface area contributed by atoms with Crippen molar-refractivity contribution in [1.29, 1.82) is 0 Å². The first-order valence-electron chi connectivity index (χ1n) is 6.84. The molecule has 2 aromatic rings. The maximum atomic E-state index is 12.3. The topological polar surface area (TPSA) is 59.5 Å². The lowest BCUT2D eigenvalue weighted by molar-refractivity contribution is -0.159. The first kappa shape index (κ1) is 16.2. The van der Waals surface area contributed by atoms with Crippen molar-refractivity contribution in [3.05, 3.63) is 52.0 Å². The lowest BCUT2D eigenvalue weighted by Crippen LogP contribution is -2.31. The van der Waals surface area contributed by atoms with Crippen molar-refractivity contribution in [2.45, 2.75) is 19.4 Å². The molecule has 6 heteroatoms. The second kappa shape index (κ2) is 7.17. The number of carbonyl (C=O) groups excluding carboxylic acids is 2. The molecule has 1 aromatic heterocycles. The maximum Gasteiger partial charge on any atom is 0.313 e. The number of aryl methyl sites for hydroxylation is 1. The van der Waals surface area contributed by atoms with Gasteiger partial charge in [-0.25, -0.2) is 4.98 Å². The second-order valence-electron chi connectivity index (χ2n) is 5.05. The zero-order valence-corrected chi connectivity index (χ0v) is 13.6. The number of rotatable bonds is 5. The van der Waals surface area contributed by atoms with Gasteiger partial charge in [0.2, 0.25) is 6.10 Å². The highest BCUT2D eigenvalue weighted by Gasteiger charge is 2.26. The molecule has 1 amide bonds. The predicted octanol–water partition coefficient (Wildman–Crippen LogP) is 2.37. The molecule has 0 fully saturated rings. The molecular formula is C16H18N2O3S. The van der Waals surface area contributed by atoms with Crippen LogP contribution in [0.5, 0.6) is 0 Å². The zero-order chi connectivity index (χ0) is 16.1. The lowest BCUT2D eigenvalue weighted by Gasteiger charge is -2.21. The van der Waals surface area contributed by atoms with Gasteiger partial charge in [-0.05, 0) is 6.92 Å².